The molecule has 1 saturated heterocycles. The average Bonchev–Trinajstić information content (AvgIpc) is 3.08. The first-order valence-electron chi connectivity index (χ1n) is 16.1. The zero-order chi connectivity index (χ0) is 31.6. The van der Waals surface area contributed by atoms with Crippen LogP contribution in [0.25, 0.3) is 0 Å². The number of rotatable bonds is 14. The molecule has 5 rings (SSSR count). The van der Waals surface area contributed by atoms with Gasteiger partial charge in [0.05, 0.1) is 6.10 Å². The van der Waals surface area contributed by atoms with Crippen LogP contribution in [0.15, 0.2) is 72.8 Å². The summed E-state index contributed by atoms with van der Waals surface area (Å²) in [7, 11) is 0. The Morgan fingerprint density at radius 1 is 0.778 bits per heavy atom. The number of carbonyl (C=O) groups is 1. The molecule has 2 fully saturated rings. The second kappa shape index (κ2) is 16.1. The van der Waals surface area contributed by atoms with E-state index in [1.54, 1.807) is 24.3 Å². The van der Waals surface area contributed by atoms with Gasteiger partial charge >= 0.3 is 0 Å². The van der Waals surface area contributed by atoms with E-state index in [1.165, 1.54) is 30.4 Å². The van der Waals surface area contributed by atoms with Crippen molar-refractivity contribution in [2.75, 3.05) is 37.7 Å². The Bertz CT molecular complexity index is 1300. The Hall–Kier alpha value is -3.63. The van der Waals surface area contributed by atoms with Gasteiger partial charge in [-0.25, -0.2) is 0 Å². The summed E-state index contributed by atoms with van der Waals surface area (Å²) >= 11 is 0. The minimum Gasteiger partial charge on any atom is -0.491 e. The normalized spacial score (nSPS) is 18.9. The lowest BCUT2D eigenvalue weighted by Crippen LogP contribution is -2.49. The molecule has 0 amide bonds. The molecule has 1 aliphatic carbocycles. The first-order valence-corrected chi connectivity index (χ1v) is 16.1. The van der Waals surface area contributed by atoms with E-state index in [-0.39, 0.29) is 12.7 Å². The van der Waals surface area contributed by atoms with Crippen molar-refractivity contribution in [3.63, 3.8) is 0 Å². The summed E-state index contributed by atoms with van der Waals surface area (Å²) < 4.78 is 17.3. The number of carbonyl (C=O) groups excluding carboxylic acids is 1. The number of piperazine rings is 1. The minimum atomic E-state index is -1.66. The van der Waals surface area contributed by atoms with Crippen molar-refractivity contribution in [2.45, 2.75) is 76.1 Å². The molecule has 0 radical (unpaired) electrons. The Balaban J connectivity index is 1.04. The van der Waals surface area contributed by atoms with Crippen LogP contribution >= 0.6 is 0 Å². The number of hydrogen-bond acceptors (Lipinski definition) is 9. The molecule has 3 N–H and O–H groups in total. The molecule has 9 heteroatoms. The van der Waals surface area contributed by atoms with Gasteiger partial charge in [0.2, 0.25) is 0 Å². The first-order chi connectivity index (χ1) is 21.9. The smallest absolute Gasteiger partial charge is 0.182 e. The molecule has 0 unspecified atom stereocenters. The molecule has 2 aliphatic rings. The van der Waals surface area contributed by atoms with E-state index in [9.17, 15) is 20.1 Å². The fourth-order valence-corrected chi connectivity index (χ4v) is 5.88. The number of aryl methyl sites for hydroxylation is 1. The van der Waals surface area contributed by atoms with Crippen LogP contribution in [0.2, 0.25) is 0 Å². The number of aliphatic hydroxyl groups is 3. The zero-order valence-corrected chi connectivity index (χ0v) is 26.0. The van der Waals surface area contributed by atoms with Crippen LogP contribution in [0.4, 0.5) is 5.69 Å². The molecule has 3 aromatic rings. The van der Waals surface area contributed by atoms with Gasteiger partial charge in [0.1, 0.15) is 42.2 Å². The largest absolute Gasteiger partial charge is 0.491 e. The van der Waals surface area contributed by atoms with Crippen molar-refractivity contribution in [1.29, 1.82) is 0 Å². The van der Waals surface area contributed by atoms with Gasteiger partial charge in [-0.1, -0.05) is 36.2 Å². The third-order valence-electron chi connectivity index (χ3n) is 8.69. The topological polar surface area (TPSA) is 112 Å². The number of hydrogen-bond donors (Lipinski definition) is 3. The van der Waals surface area contributed by atoms with Crippen LogP contribution in [0, 0.1) is 6.92 Å². The molecule has 3 aromatic carbocycles. The quantitative estimate of drug-likeness (QED) is 0.230. The van der Waals surface area contributed by atoms with E-state index >= 15 is 0 Å². The summed E-state index contributed by atoms with van der Waals surface area (Å²) in [6, 6.07) is 23.1. The highest BCUT2D eigenvalue weighted by atomic mass is 16.5. The molecule has 0 aromatic heterocycles. The Labute approximate surface area is 266 Å². The Morgan fingerprint density at radius 2 is 1.40 bits per heavy atom. The van der Waals surface area contributed by atoms with E-state index in [4.69, 9.17) is 14.2 Å². The Morgan fingerprint density at radius 3 is 2.04 bits per heavy atom. The maximum atomic E-state index is 11.7. The molecule has 1 heterocycles. The second-order valence-corrected chi connectivity index (χ2v) is 12.2. The van der Waals surface area contributed by atoms with E-state index in [1.807, 2.05) is 24.3 Å². The van der Waals surface area contributed by atoms with Gasteiger partial charge in [0, 0.05) is 38.4 Å². The van der Waals surface area contributed by atoms with Crippen LogP contribution < -0.4 is 19.1 Å². The van der Waals surface area contributed by atoms with Gasteiger partial charge in [-0.3, -0.25) is 9.69 Å². The van der Waals surface area contributed by atoms with Gasteiger partial charge in [0.25, 0.3) is 0 Å². The van der Waals surface area contributed by atoms with Gasteiger partial charge < -0.3 is 34.4 Å². The van der Waals surface area contributed by atoms with E-state index in [2.05, 4.69) is 41.0 Å². The van der Waals surface area contributed by atoms with E-state index < -0.39 is 24.4 Å². The van der Waals surface area contributed by atoms with Crippen molar-refractivity contribution in [1.82, 2.24) is 4.90 Å². The predicted molar refractivity (Wildman–Crippen MR) is 173 cm³/mol. The van der Waals surface area contributed by atoms with E-state index in [0.717, 1.165) is 57.0 Å². The molecule has 242 valence electrons. The van der Waals surface area contributed by atoms with Crippen LogP contribution in [-0.2, 0) is 11.3 Å². The molecule has 45 heavy (non-hydrogen) atoms. The fourth-order valence-electron chi connectivity index (χ4n) is 5.88. The molecule has 1 saturated carbocycles. The summed E-state index contributed by atoms with van der Waals surface area (Å²) in [6.45, 7) is 6.58. The van der Waals surface area contributed by atoms with Gasteiger partial charge in [-0.15, -0.1) is 0 Å². The van der Waals surface area contributed by atoms with E-state index in [0.29, 0.717) is 17.8 Å². The maximum Gasteiger partial charge on any atom is 0.182 e. The fraction of sp³-hybridized carbons (Fsp3) is 0.472. The lowest BCUT2D eigenvalue weighted by Gasteiger charge is -2.36. The van der Waals surface area contributed by atoms with Crippen LogP contribution in [0.3, 0.4) is 0 Å². The van der Waals surface area contributed by atoms with Crippen molar-refractivity contribution in [3.8, 4) is 17.2 Å². The molecule has 0 bridgehead atoms. The maximum absolute atomic E-state index is 11.7. The van der Waals surface area contributed by atoms with Gasteiger partial charge in [-0.2, -0.15) is 0 Å². The molecular weight excluding hydrogens is 572 g/mol. The lowest BCUT2D eigenvalue weighted by atomic mass is 9.98. The van der Waals surface area contributed by atoms with Crippen LogP contribution in [0.5, 0.6) is 17.2 Å². The third-order valence-corrected chi connectivity index (χ3v) is 8.69. The number of nitrogens with zero attached hydrogens (tertiary/aromatic N) is 2. The molecule has 9 nitrogen and oxygen atoms in total. The number of ether oxygens (including phenoxy) is 3. The van der Waals surface area contributed by atoms with Crippen molar-refractivity contribution < 1.29 is 34.3 Å². The second-order valence-electron chi connectivity index (χ2n) is 12.2. The van der Waals surface area contributed by atoms with Crippen LogP contribution in [0.1, 0.15) is 43.2 Å². The first kappa shape index (κ1) is 32.8. The van der Waals surface area contributed by atoms with Gasteiger partial charge in [0.15, 0.2) is 12.4 Å². The standard InChI is InChI=1S/C36H46N2O7/c1-26-7-9-27(10-8-26)23-37-19-21-38(22-20-37)28-11-13-29(14-12-28)43-25-33(40)35(41)36(42)34(24-39)45-32-17-15-31(16-18-32)44-30-5-3-2-4-6-30/h7-18,24,30,33-36,40-42H,2-6,19-23,25H2,1H3/t33-,34+,35-,36-/m1/s1. The minimum absolute atomic E-state index is 0.211. The number of aliphatic hydroxyl groups excluding tert-OH is 3. The Kier molecular flexibility index (Phi) is 11.7. The SMILES string of the molecule is Cc1ccc(CN2CCN(c3ccc(OC[C@@H](O)[C@@H](O)[C@H](O)[C@H](C=O)Oc4ccc(OC5CCCCC5)cc4)cc3)CC2)cc1. The highest BCUT2D eigenvalue weighted by Crippen LogP contribution is 2.26. The zero-order valence-electron chi connectivity index (χ0n) is 26.0. The molecular formula is C36H46N2O7. The number of anilines is 1. The van der Waals surface area contributed by atoms with Crippen LogP contribution in [-0.4, -0.2) is 89.8 Å². The monoisotopic (exact) mass is 618 g/mol. The summed E-state index contributed by atoms with van der Waals surface area (Å²) in [5, 5.41) is 31.7. The highest BCUT2D eigenvalue weighted by Gasteiger charge is 2.33. The molecule has 4 atom stereocenters. The predicted octanol–water partition coefficient (Wildman–Crippen LogP) is 4.14. The van der Waals surface area contributed by atoms with Crippen molar-refractivity contribution >= 4 is 12.0 Å². The van der Waals surface area contributed by atoms with Crippen molar-refractivity contribution in [3.05, 3.63) is 83.9 Å². The average molecular weight is 619 g/mol. The summed E-state index contributed by atoms with van der Waals surface area (Å²) in [4.78, 5) is 16.5. The molecule has 0 spiro atoms. The summed E-state index contributed by atoms with van der Waals surface area (Å²) in [5.41, 5.74) is 3.69. The number of aldehydes is 1. The third kappa shape index (κ3) is 9.43. The molecule has 1 aliphatic heterocycles. The van der Waals surface area contributed by atoms with Crippen molar-refractivity contribution in [2.24, 2.45) is 0 Å². The summed E-state index contributed by atoms with van der Waals surface area (Å²) in [5.74, 6) is 1.58. The number of benzene rings is 3. The lowest BCUT2D eigenvalue weighted by molar-refractivity contribution is -0.132. The highest BCUT2D eigenvalue weighted by molar-refractivity contribution is 5.58. The van der Waals surface area contributed by atoms with Gasteiger partial charge in [-0.05, 0) is 86.7 Å². The summed E-state index contributed by atoms with van der Waals surface area (Å²) in [6.07, 6.45) is 0.147.